The highest BCUT2D eigenvalue weighted by Gasteiger charge is 2.47. The van der Waals surface area contributed by atoms with Crippen LogP contribution in [0.25, 0.3) is 66.1 Å². The second-order valence-electron chi connectivity index (χ2n) is 16.0. The van der Waals surface area contributed by atoms with Gasteiger partial charge in [-0.05, 0) is 97.2 Å². The quantitative estimate of drug-likeness (QED) is 0.160. The van der Waals surface area contributed by atoms with Gasteiger partial charge in [0.1, 0.15) is 5.58 Å². The first kappa shape index (κ1) is 35.0. The van der Waals surface area contributed by atoms with E-state index in [1.54, 1.807) is 0 Å². The average molecular weight is 778 g/mol. The molecule has 0 amide bonds. The highest BCUT2D eigenvalue weighted by atomic mass is 16.3. The molecular weight excluding hydrogens is 739 g/mol. The summed E-state index contributed by atoms with van der Waals surface area (Å²) in [6.07, 6.45) is 0. The van der Waals surface area contributed by atoms with Gasteiger partial charge in [-0.1, -0.05) is 200 Å². The van der Waals surface area contributed by atoms with Gasteiger partial charge in [-0.3, -0.25) is 0 Å². The smallest absolute Gasteiger partial charge is 0.159 e. The third-order valence-electron chi connectivity index (χ3n) is 12.7. The molecule has 0 aliphatic heterocycles. The van der Waals surface area contributed by atoms with Crippen LogP contribution in [-0.2, 0) is 5.41 Å². The van der Waals surface area contributed by atoms with Crippen LogP contribution < -0.4 is 4.90 Å². The standard InChI is InChI=1S/C59H39NO/c1-4-18-42(19-5-1)48-26-15-32-55-56(48)50-27-14-31-54(58(50)61-55)60(47-37-35-41(36-38-47)44-34-33-40-17-10-11-20-43(40)39-44)53-30-16-29-52-57(53)49-25-12-13-28-51(49)59(52,45-21-6-2-7-22-45)46-23-8-3-9-24-46/h1-39H. The summed E-state index contributed by atoms with van der Waals surface area (Å²) in [5, 5.41) is 4.67. The number of hydrogen-bond donors (Lipinski definition) is 0. The topological polar surface area (TPSA) is 16.4 Å². The summed E-state index contributed by atoms with van der Waals surface area (Å²) in [5.41, 5.74) is 16.4. The third-order valence-corrected chi connectivity index (χ3v) is 12.7. The molecule has 11 aromatic rings. The van der Waals surface area contributed by atoms with E-state index in [1.165, 1.54) is 55.3 Å². The van der Waals surface area contributed by atoms with Gasteiger partial charge in [0.15, 0.2) is 5.58 Å². The maximum atomic E-state index is 7.03. The molecule has 61 heavy (non-hydrogen) atoms. The predicted molar refractivity (Wildman–Crippen MR) is 254 cm³/mol. The van der Waals surface area contributed by atoms with Gasteiger partial charge < -0.3 is 9.32 Å². The average Bonchev–Trinajstić information content (AvgIpc) is 3.88. The summed E-state index contributed by atoms with van der Waals surface area (Å²) in [6.45, 7) is 0. The summed E-state index contributed by atoms with van der Waals surface area (Å²) in [5.74, 6) is 0. The number of para-hydroxylation sites is 1. The molecule has 0 saturated heterocycles. The van der Waals surface area contributed by atoms with Gasteiger partial charge in [-0.2, -0.15) is 0 Å². The Morgan fingerprint density at radius 1 is 0.377 bits per heavy atom. The van der Waals surface area contributed by atoms with Crippen molar-refractivity contribution in [2.24, 2.45) is 0 Å². The van der Waals surface area contributed by atoms with Crippen LogP contribution in [0.15, 0.2) is 241 Å². The van der Waals surface area contributed by atoms with Crippen molar-refractivity contribution in [1.82, 2.24) is 0 Å². The summed E-state index contributed by atoms with van der Waals surface area (Å²) in [4.78, 5) is 2.43. The Bertz CT molecular complexity index is 3360. The third kappa shape index (κ3) is 5.43. The maximum absolute atomic E-state index is 7.03. The lowest BCUT2D eigenvalue weighted by molar-refractivity contribution is 0.669. The van der Waals surface area contributed by atoms with Gasteiger partial charge in [-0.15, -0.1) is 0 Å². The molecule has 0 bridgehead atoms. The summed E-state index contributed by atoms with van der Waals surface area (Å²) in [6, 6.07) is 85.9. The molecule has 10 aromatic carbocycles. The number of rotatable bonds is 7. The minimum absolute atomic E-state index is 0.536. The van der Waals surface area contributed by atoms with Crippen LogP contribution in [0.2, 0.25) is 0 Å². The SMILES string of the molecule is c1ccc(-c2cccc3oc4c(N(c5ccc(-c6ccc7ccccc7c6)cc5)c5cccc6c5-c5ccccc5C6(c5ccccc5)c5ccccc5)cccc4c23)cc1. The predicted octanol–water partition coefficient (Wildman–Crippen LogP) is 15.9. The zero-order valence-corrected chi connectivity index (χ0v) is 33.4. The van der Waals surface area contributed by atoms with Crippen LogP contribution in [0.3, 0.4) is 0 Å². The maximum Gasteiger partial charge on any atom is 0.159 e. The zero-order valence-electron chi connectivity index (χ0n) is 33.4. The Hall–Kier alpha value is -7.94. The van der Waals surface area contributed by atoms with Crippen LogP contribution in [0.5, 0.6) is 0 Å². The Morgan fingerprint density at radius 3 is 1.74 bits per heavy atom. The van der Waals surface area contributed by atoms with Gasteiger partial charge in [-0.25, -0.2) is 0 Å². The lowest BCUT2D eigenvalue weighted by atomic mass is 9.68. The number of benzene rings is 10. The fourth-order valence-corrected chi connectivity index (χ4v) is 10.1. The van der Waals surface area contributed by atoms with Crippen LogP contribution in [-0.4, -0.2) is 0 Å². The Kier molecular flexibility index (Phi) is 8.11. The molecule has 0 atom stereocenters. The lowest BCUT2D eigenvalue weighted by Crippen LogP contribution is -2.28. The van der Waals surface area contributed by atoms with Crippen LogP contribution >= 0.6 is 0 Å². The number of furan rings is 1. The molecule has 12 rings (SSSR count). The fourth-order valence-electron chi connectivity index (χ4n) is 10.1. The van der Waals surface area contributed by atoms with E-state index in [0.29, 0.717) is 0 Å². The summed E-state index contributed by atoms with van der Waals surface area (Å²) in [7, 11) is 0. The molecule has 2 heteroatoms. The Labute approximate surface area is 355 Å². The molecule has 0 radical (unpaired) electrons. The molecule has 0 spiro atoms. The van der Waals surface area contributed by atoms with Crippen molar-refractivity contribution in [2.75, 3.05) is 4.90 Å². The Balaban J connectivity index is 1.13. The first-order valence-corrected chi connectivity index (χ1v) is 21.0. The molecule has 1 aromatic heterocycles. The van der Waals surface area contributed by atoms with Gasteiger partial charge in [0.05, 0.1) is 16.8 Å². The summed E-state index contributed by atoms with van der Waals surface area (Å²) < 4.78 is 7.03. The van der Waals surface area contributed by atoms with Crippen molar-refractivity contribution in [3.05, 3.63) is 259 Å². The van der Waals surface area contributed by atoms with Gasteiger partial charge >= 0.3 is 0 Å². The van der Waals surface area contributed by atoms with Crippen molar-refractivity contribution in [1.29, 1.82) is 0 Å². The molecule has 1 heterocycles. The van der Waals surface area contributed by atoms with Gasteiger partial charge in [0.2, 0.25) is 0 Å². The molecule has 0 fully saturated rings. The van der Waals surface area contributed by atoms with Crippen LogP contribution in [0.4, 0.5) is 17.1 Å². The summed E-state index contributed by atoms with van der Waals surface area (Å²) >= 11 is 0. The van der Waals surface area contributed by atoms with E-state index in [9.17, 15) is 0 Å². The second kappa shape index (κ2) is 14.1. The van der Waals surface area contributed by atoms with E-state index < -0.39 is 5.41 Å². The molecule has 0 saturated carbocycles. The van der Waals surface area contributed by atoms with E-state index in [2.05, 4.69) is 241 Å². The molecule has 1 aliphatic carbocycles. The monoisotopic (exact) mass is 777 g/mol. The first-order valence-electron chi connectivity index (χ1n) is 21.0. The van der Waals surface area contributed by atoms with E-state index in [-0.39, 0.29) is 0 Å². The molecular formula is C59H39NO. The van der Waals surface area contributed by atoms with Crippen molar-refractivity contribution >= 4 is 49.8 Å². The number of fused-ring (bicyclic) bond motifs is 7. The molecule has 0 unspecified atom stereocenters. The lowest BCUT2D eigenvalue weighted by Gasteiger charge is -2.34. The fraction of sp³-hybridized carbons (Fsp3) is 0.0169. The molecule has 2 nitrogen and oxygen atoms in total. The zero-order chi connectivity index (χ0) is 40.3. The van der Waals surface area contributed by atoms with Crippen molar-refractivity contribution < 1.29 is 4.42 Å². The van der Waals surface area contributed by atoms with E-state index in [0.717, 1.165) is 50.1 Å². The number of nitrogens with zero attached hydrogens (tertiary/aromatic N) is 1. The number of anilines is 3. The van der Waals surface area contributed by atoms with Gasteiger partial charge in [0.25, 0.3) is 0 Å². The highest BCUT2D eigenvalue weighted by Crippen LogP contribution is 2.60. The molecule has 286 valence electrons. The molecule has 0 N–H and O–H groups in total. The van der Waals surface area contributed by atoms with Crippen molar-refractivity contribution in [3.63, 3.8) is 0 Å². The van der Waals surface area contributed by atoms with E-state index >= 15 is 0 Å². The minimum atomic E-state index is -0.536. The van der Waals surface area contributed by atoms with Crippen molar-refractivity contribution in [2.45, 2.75) is 5.41 Å². The highest BCUT2D eigenvalue weighted by molar-refractivity contribution is 6.16. The first-order chi connectivity index (χ1) is 30.3. The van der Waals surface area contributed by atoms with E-state index in [4.69, 9.17) is 4.42 Å². The number of hydrogen-bond acceptors (Lipinski definition) is 2. The van der Waals surface area contributed by atoms with Crippen LogP contribution in [0.1, 0.15) is 22.3 Å². The Morgan fingerprint density at radius 2 is 0.967 bits per heavy atom. The normalized spacial score (nSPS) is 12.7. The van der Waals surface area contributed by atoms with Crippen molar-refractivity contribution in [3.8, 4) is 33.4 Å². The van der Waals surface area contributed by atoms with Gasteiger partial charge in [0, 0.05) is 22.0 Å². The van der Waals surface area contributed by atoms with E-state index in [1.807, 2.05) is 0 Å². The largest absolute Gasteiger partial charge is 0.454 e. The molecule has 1 aliphatic rings. The van der Waals surface area contributed by atoms with Crippen LogP contribution in [0, 0.1) is 0 Å². The second-order valence-corrected chi connectivity index (χ2v) is 16.0. The minimum Gasteiger partial charge on any atom is -0.454 e.